The van der Waals surface area contributed by atoms with Crippen LogP contribution in [0.1, 0.15) is 29.5 Å². The van der Waals surface area contributed by atoms with E-state index in [4.69, 9.17) is 4.74 Å². The Balaban J connectivity index is 2.20. The van der Waals surface area contributed by atoms with Crippen LogP contribution in [0.3, 0.4) is 0 Å². The highest BCUT2D eigenvalue weighted by Crippen LogP contribution is 2.41. The second-order valence-electron chi connectivity index (χ2n) is 6.57. The zero-order valence-electron chi connectivity index (χ0n) is 16.5. The van der Waals surface area contributed by atoms with Gasteiger partial charge in [0, 0.05) is 11.4 Å². The summed E-state index contributed by atoms with van der Waals surface area (Å²) in [6.45, 7) is 11.1. The molecular weight excluding hydrogens is 386 g/mol. The summed E-state index contributed by atoms with van der Waals surface area (Å²) in [5, 5.41) is 3.62. The number of benzene rings is 1. The number of nitrogens with one attached hydrogen (secondary N) is 2. The Morgan fingerprint density at radius 3 is 2.72 bits per heavy atom. The fraction of sp³-hybridized carbons (Fsp3) is 0.227. The van der Waals surface area contributed by atoms with Crippen molar-refractivity contribution in [2.75, 3.05) is 17.7 Å². The minimum atomic E-state index is -0.584. The van der Waals surface area contributed by atoms with Crippen LogP contribution in [0.25, 0.3) is 0 Å². The molecule has 0 bridgehead atoms. The number of carbonyl (C=O) groups excluding carboxylic acids is 1. The Morgan fingerprint density at radius 1 is 1.28 bits per heavy atom. The lowest BCUT2D eigenvalue weighted by Gasteiger charge is -2.29. The molecule has 0 saturated carbocycles. The minimum absolute atomic E-state index is 0.0920. The molecule has 2 N–H and O–H groups in total. The van der Waals surface area contributed by atoms with Gasteiger partial charge in [-0.2, -0.15) is 0 Å². The van der Waals surface area contributed by atoms with E-state index in [2.05, 4.69) is 28.4 Å². The maximum Gasteiger partial charge on any atom is 0.337 e. The molecule has 0 radical (unpaired) electrons. The molecule has 1 aliphatic rings. The Labute approximate surface area is 173 Å². The molecule has 0 fully saturated rings. The molecule has 1 aromatic heterocycles. The number of thioether (sulfide) groups is 1. The highest BCUT2D eigenvalue weighted by molar-refractivity contribution is 7.99. The number of anilines is 1. The van der Waals surface area contributed by atoms with Crippen molar-refractivity contribution in [2.45, 2.75) is 24.9 Å². The van der Waals surface area contributed by atoms with Gasteiger partial charge in [-0.15, -0.1) is 6.58 Å². The maximum atomic E-state index is 13.1. The number of carbonyl (C=O) groups is 1. The average molecular weight is 410 g/mol. The molecule has 1 aromatic carbocycles. The van der Waals surface area contributed by atoms with Crippen molar-refractivity contribution < 1.29 is 9.53 Å². The van der Waals surface area contributed by atoms with E-state index < -0.39 is 11.9 Å². The standard InChI is InChI=1S/C22H23N3O3S/c1-5-11-28-21(27)16-14(4)23-19-18(17(16)15-10-8-7-9-13(15)3)20(26)25-22(24-19)29-12-6-2/h5-10,17H,1-2,11-12H2,3-4H3,(H2,23,24,25,26)/t17-/m0/s1. The third-order valence-electron chi connectivity index (χ3n) is 4.61. The largest absolute Gasteiger partial charge is 0.458 e. The topological polar surface area (TPSA) is 84.1 Å². The predicted octanol–water partition coefficient (Wildman–Crippen LogP) is 3.92. The minimum Gasteiger partial charge on any atom is -0.458 e. The van der Waals surface area contributed by atoms with Gasteiger partial charge in [0.1, 0.15) is 12.4 Å². The number of aromatic amines is 1. The lowest BCUT2D eigenvalue weighted by atomic mass is 9.80. The number of rotatable bonds is 7. The van der Waals surface area contributed by atoms with Gasteiger partial charge in [0.05, 0.1) is 17.1 Å². The normalized spacial score (nSPS) is 15.3. The molecule has 29 heavy (non-hydrogen) atoms. The molecule has 7 heteroatoms. The molecule has 0 saturated heterocycles. The third kappa shape index (κ3) is 4.19. The fourth-order valence-electron chi connectivity index (χ4n) is 3.34. The van der Waals surface area contributed by atoms with E-state index in [1.807, 2.05) is 31.2 Å². The summed E-state index contributed by atoms with van der Waals surface area (Å²) in [5.41, 5.74) is 2.95. The summed E-state index contributed by atoms with van der Waals surface area (Å²) in [6, 6.07) is 7.69. The Kier molecular flexibility index (Phi) is 6.39. The zero-order valence-corrected chi connectivity index (χ0v) is 17.3. The Hall–Kier alpha value is -3.06. The molecular formula is C22H23N3O3S. The fourth-order valence-corrected chi connectivity index (χ4v) is 3.94. The summed E-state index contributed by atoms with van der Waals surface area (Å²) in [7, 11) is 0. The number of allylic oxidation sites excluding steroid dienone is 1. The SMILES string of the molecule is C=CCOC(=O)C1=C(C)Nc2nc(SCC=C)[nH]c(=O)c2[C@H]1c1ccccc1C. The van der Waals surface area contributed by atoms with Gasteiger partial charge in [-0.25, -0.2) is 9.78 Å². The van der Waals surface area contributed by atoms with Crippen molar-refractivity contribution in [3.05, 3.63) is 87.9 Å². The smallest absolute Gasteiger partial charge is 0.337 e. The third-order valence-corrected chi connectivity index (χ3v) is 5.48. The summed E-state index contributed by atoms with van der Waals surface area (Å²) in [6.07, 6.45) is 3.25. The first kappa shape index (κ1) is 20.7. The van der Waals surface area contributed by atoms with Crippen LogP contribution >= 0.6 is 11.8 Å². The average Bonchev–Trinajstić information content (AvgIpc) is 2.69. The first-order valence-corrected chi connectivity index (χ1v) is 10.2. The maximum absolute atomic E-state index is 13.1. The summed E-state index contributed by atoms with van der Waals surface area (Å²) >= 11 is 1.38. The molecule has 150 valence electrons. The number of nitrogens with zero attached hydrogens (tertiary/aromatic N) is 1. The number of H-pyrrole nitrogens is 1. The van der Waals surface area contributed by atoms with Crippen LogP contribution < -0.4 is 10.9 Å². The van der Waals surface area contributed by atoms with Gasteiger partial charge in [-0.3, -0.25) is 4.79 Å². The van der Waals surface area contributed by atoms with Gasteiger partial charge in [0.25, 0.3) is 5.56 Å². The van der Waals surface area contributed by atoms with E-state index in [9.17, 15) is 9.59 Å². The van der Waals surface area contributed by atoms with Gasteiger partial charge in [0.2, 0.25) is 0 Å². The van der Waals surface area contributed by atoms with Crippen LogP contribution in [0.5, 0.6) is 0 Å². The molecule has 3 rings (SSSR count). The highest BCUT2D eigenvalue weighted by atomic mass is 32.2. The van der Waals surface area contributed by atoms with Crippen LogP contribution in [0, 0.1) is 6.92 Å². The van der Waals surface area contributed by atoms with E-state index in [-0.39, 0.29) is 12.2 Å². The van der Waals surface area contributed by atoms with Gasteiger partial charge >= 0.3 is 5.97 Å². The van der Waals surface area contributed by atoms with Crippen molar-refractivity contribution in [1.29, 1.82) is 0 Å². The quantitative estimate of drug-likeness (QED) is 0.312. The molecule has 0 aliphatic carbocycles. The first-order chi connectivity index (χ1) is 14.0. The summed E-state index contributed by atoms with van der Waals surface area (Å²) in [5.74, 6) is 0.000736. The highest BCUT2D eigenvalue weighted by Gasteiger charge is 2.37. The molecule has 0 unspecified atom stereocenters. The molecule has 2 aromatic rings. The number of fused-ring (bicyclic) bond motifs is 1. The molecule has 6 nitrogen and oxygen atoms in total. The second kappa shape index (κ2) is 8.96. The number of hydrogen-bond acceptors (Lipinski definition) is 6. The van der Waals surface area contributed by atoms with Crippen LogP contribution in [-0.2, 0) is 9.53 Å². The monoisotopic (exact) mass is 409 g/mol. The lowest BCUT2D eigenvalue weighted by Crippen LogP contribution is -2.31. The van der Waals surface area contributed by atoms with Crippen molar-refractivity contribution in [1.82, 2.24) is 9.97 Å². The van der Waals surface area contributed by atoms with Gasteiger partial charge in [-0.05, 0) is 25.0 Å². The number of ether oxygens (including phenoxy) is 1. The molecule has 2 heterocycles. The Morgan fingerprint density at radius 2 is 2.03 bits per heavy atom. The van der Waals surface area contributed by atoms with Crippen LogP contribution in [-0.4, -0.2) is 28.3 Å². The second-order valence-corrected chi connectivity index (χ2v) is 7.58. The summed E-state index contributed by atoms with van der Waals surface area (Å²) < 4.78 is 5.32. The molecule has 0 spiro atoms. The Bertz CT molecular complexity index is 1060. The van der Waals surface area contributed by atoms with E-state index in [0.717, 1.165) is 11.1 Å². The number of aromatic nitrogens is 2. The van der Waals surface area contributed by atoms with Crippen LogP contribution in [0.2, 0.25) is 0 Å². The van der Waals surface area contributed by atoms with Crippen molar-refractivity contribution >= 4 is 23.5 Å². The number of esters is 1. The van der Waals surface area contributed by atoms with Gasteiger partial charge < -0.3 is 15.0 Å². The van der Waals surface area contributed by atoms with Gasteiger partial charge in [-0.1, -0.05) is 54.8 Å². The van der Waals surface area contributed by atoms with Crippen molar-refractivity contribution in [3.8, 4) is 0 Å². The van der Waals surface area contributed by atoms with Gasteiger partial charge in [0.15, 0.2) is 5.16 Å². The van der Waals surface area contributed by atoms with E-state index in [1.54, 1.807) is 13.0 Å². The molecule has 0 amide bonds. The number of aryl methyl sites for hydroxylation is 1. The first-order valence-electron chi connectivity index (χ1n) is 9.17. The van der Waals surface area contributed by atoms with E-state index >= 15 is 0 Å². The molecule has 1 atom stereocenters. The van der Waals surface area contributed by atoms with Crippen molar-refractivity contribution in [3.63, 3.8) is 0 Å². The van der Waals surface area contributed by atoms with E-state index in [1.165, 1.54) is 17.8 Å². The van der Waals surface area contributed by atoms with Crippen LogP contribution in [0.4, 0.5) is 5.82 Å². The predicted molar refractivity (Wildman–Crippen MR) is 116 cm³/mol. The zero-order chi connectivity index (χ0) is 21.0. The van der Waals surface area contributed by atoms with Crippen LogP contribution in [0.15, 0.2) is 70.8 Å². The molecule has 1 aliphatic heterocycles. The summed E-state index contributed by atoms with van der Waals surface area (Å²) in [4.78, 5) is 33.3. The van der Waals surface area contributed by atoms with E-state index in [0.29, 0.717) is 33.6 Å². The number of hydrogen-bond donors (Lipinski definition) is 2. The lowest BCUT2D eigenvalue weighted by molar-refractivity contribution is -0.138. The van der Waals surface area contributed by atoms with Crippen molar-refractivity contribution in [2.24, 2.45) is 0 Å².